The largest absolute Gasteiger partial charge is 0.478 e. The van der Waals surface area contributed by atoms with Crippen LogP contribution in [0.15, 0.2) is 12.1 Å². The topological polar surface area (TPSA) is 127 Å². The van der Waals surface area contributed by atoms with E-state index in [-0.39, 0.29) is 34.9 Å². The Balaban J connectivity index is 0.00000196. The molecule has 0 fully saturated rings. The highest BCUT2D eigenvalue weighted by atomic mass is 35.5. The van der Waals surface area contributed by atoms with Gasteiger partial charge < -0.3 is 21.7 Å². The van der Waals surface area contributed by atoms with Crippen molar-refractivity contribution in [3.8, 4) is 0 Å². The fraction of sp³-hybridized carbons (Fsp3) is 0. The van der Waals surface area contributed by atoms with Crippen LogP contribution in [0.3, 0.4) is 0 Å². The molecule has 0 bridgehead atoms. The Morgan fingerprint density at radius 2 is 1.20 bits per heavy atom. The molecule has 0 unspecified atom stereocenters. The standard InChI is InChI=1S/C8H8N2O4.ClH/c9-5-1-3(7(11)12)6(10)2-4(5)8(13)14;/h1-2H,9-10H2,(H,11,12)(H,13,14);1H. The van der Waals surface area contributed by atoms with E-state index in [1.165, 1.54) is 0 Å². The third-order valence-electron chi connectivity index (χ3n) is 1.68. The summed E-state index contributed by atoms with van der Waals surface area (Å²) in [5.74, 6) is -2.49. The number of nitrogens with two attached hydrogens (primary N) is 2. The quantitative estimate of drug-likeness (QED) is 0.555. The summed E-state index contributed by atoms with van der Waals surface area (Å²) in [6, 6.07) is 2.06. The predicted octanol–water partition coefficient (Wildman–Crippen LogP) is 0.669. The summed E-state index contributed by atoms with van der Waals surface area (Å²) >= 11 is 0. The number of hydrogen-bond donors (Lipinski definition) is 4. The zero-order valence-corrected chi connectivity index (χ0v) is 8.25. The molecule has 0 amide bonds. The zero-order chi connectivity index (χ0) is 10.9. The van der Waals surface area contributed by atoms with Crippen LogP contribution in [0.2, 0.25) is 0 Å². The summed E-state index contributed by atoms with van der Waals surface area (Å²) in [5.41, 5.74) is 10.0. The Morgan fingerprint density at radius 1 is 0.933 bits per heavy atom. The Kier molecular flexibility index (Phi) is 3.93. The number of halogens is 1. The molecule has 0 saturated carbocycles. The second-order valence-corrected chi connectivity index (χ2v) is 2.64. The number of carbonyl (C=O) groups is 2. The van der Waals surface area contributed by atoms with Gasteiger partial charge in [-0.25, -0.2) is 9.59 Å². The molecule has 1 aromatic rings. The highest BCUT2D eigenvalue weighted by Gasteiger charge is 2.14. The molecule has 0 atom stereocenters. The minimum Gasteiger partial charge on any atom is -0.478 e. The molecule has 0 spiro atoms. The minimum absolute atomic E-state index is 0. The van der Waals surface area contributed by atoms with E-state index in [0.29, 0.717) is 0 Å². The van der Waals surface area contributed by atoms with Crippen molar-refractivity contribution in [1.29, 1.82) is 0 Å². The number of carboxylic acids is 2. The van der Waals surface area contributed by atoms with Crippen LogP contribution in [0.5, 0.6) is 0 Å². The van der Waals surface area contributed by atoms with Crippen molar-refractivity contribution in [3.05, 3.63) is 23.3 Å². The third-order valence-corrected chi connectivity index (χ3v) is 1.68. The van der Waals surface area contributed by atoms with Crippen molar-refractivity contribution in [2.75, 3.05) is 11.5 Å². The number of aromatic carboxylic acids is 2. The molecule has 0 aromatic heterocycles. The van der Waals surface area contributed by atoms with Gasteiger partial charge in [0.15, 0.2) is 0 Å². The fourth-order valence-corrected chi connectivity index (χ4v) is 1.00. The van der Waals surface area contributed by atoms with E-state index in [2.05, 4.69) is 0 Å². The van der Waals surface area contributed by atoms with Gasteiger partial charge in [0.1, 0.15) is 0 Å². The second-order valence-electron chi connectivity index (χ2n) is 2.64. The Hall–Kier alpha value is -1.95. The molecule has 15 heavy (non-hydrogen) atoms. The smallest absolute Gasteiger partial charge is 0.337 e. The average Bonchev–Trinajstić information content (AvgIpc) is 2.07. The molecule has 0 aliphatic heterocycles. The summed E-state index contributed by atoms with van der Waals surface area (Å²) in [5, 5.41) is 17.3. The van der Waals surface area contributed by atoms with Gasteiger partial charge in [0, 0.05) is 11.4 Å². The van der Waals surface area contributed by atoms with Crippen molar-refractivity contribution >= 4 is 35.7 Å². The first-order valence-electron chi connectivity index (χ1n) is 3.59. The van der Waals surface area contributed by atoms with Gasteiger partial charge >= 0.3 is 11.9 Å². The second kappa shape index (κ2) is 4.52. The van der Waals surface area contributed by atoms with Crippen molar-refractivity contribution in [2.24, 2.45) is 0 Å². The molecule has 0 aliphatic rings. The predicted molar refractivity (Wildman–Crippen MR) is 56.4 cm³/mol. The maximum Gasteiger partial charge on any atom is 0.337 e. The van der Waals surface area contributed by atoms with Crippen LogP contribution in [0.25, 0.3) is 0 Å². The lowest BCUT2D eigenvalue weighted by Crippen LogP contribution is -2.09. The van der Waals surface area contributed by atoms with Crippen LogP contribution in [0, 0.1) is 0 Å². The molecule has 1 aromatic carbocycles. The lowest BCUT2D eigenvalue weighted by atomic mass is 10.1. The summed E-state index contributed by atoms with van der Waals surface area (Å²) in [4.78, 5) is 21.1. The van der Waals surface area contributed by atoms with E-state index < -0.39 is 11.9 Å². The monoisotopic (exact) mass is 232 g/mol. The maximum atomic E-state index is 10.6. The maximum absolute atomic E-state index is 10.6. The SMILES string of the molecule is Cl.Nc1cc(C(=O)O)c(N)cc1C(=O)O. The molecular formula is C8H9ClN2O4. The van der Waals surface area contributed by atoms with Crippen LogP contribution < -0.4 is 11.5 Å². The fourth-order valence-electron chi connectivity index (χ4n) is 1.00. The van der Waals surface area contributed by atoms with Crippen molar-refractivity contribution < 1.29 is 19.8 Å². The van der Waals surface area contributed by atoms with E-state index >= 15 is 0 Å². The molecule has 1 rings (SSSR count). The lowest BCUT2D eigenvalue weighted by Gasteiger charge is -2.05. The highest BCUT2D eigenvalue weighted by molar-refractivity contribution is 6.01. The van der Waals surface area contributed by atoms with Gasteiger partial charge in [-0.1, -0.05) is 0 Å². The van der Waals surface area contributed by atoms with Crippen molar-refractivity contribution in [1.82, 2.24) is 0 Å². The van der Waals surface area contributed by atoms with Gasteiger partial charge in [0.2, 0.25) is 0 Å². The number of nitrogen functional groups attached to an aromatic ring is 2. The zero-order valence-electron chi connectivity index (χ0n) is 7.43. The van der Waals surface area contributed by atoms with Crippen LogP contribution in [0.1, 0.15) is 20.7 Å². The van der Waals surface area contributed by atoms with E-state index in [4.69, 9.17) is 21.7 Å². The molecule has 0 aliphatic carbocycles. The summed E-state index contributed by atoms with van der Waals surface area (Å²) in [6.07, 6.45) is 0. The molecule has 0 heterocycles. The van der Waals surface area contributed by atoms with Crippen LogP contribution in [-0.4, -0.2) is 22.2 Å². The molecule has 82 valence electrons. The van der Waals surface area contributed by atoms with Crippen LogP contribution >= 0.6 is 12.4 Å². The third kappa shape index (κ3) is 2.50. The van der Waals surface area contributed by atoms with Crippen molar-refractivity contribution in [2.45, 2.75) is 0 Å². The van der Waals surface area contributed by atoms with E-state index in [9.17, 15) is 9.59 Å². The van der Waals surface area contributed by atoms with Gasteiger partial charge in [-0.05, 0) is 12.1 Å². The molecule has 6 N–H and O–H groups in total. The average molecular weight is 233 g/mol. The Morgan fingerprint density at radius 3 is 1.40 bits per heavy atom. The van der Waals surface area contributed by atoms with Gasteiger partial charge in [-0.3, -0.25) is 0 Å². The molecule has 0 saturated heterocycles. The lowest BCUT2D eigenvalue weighted by molar-refractivity contribution is 0.0683. The first kappa shape index (κ1) is 13.1. The van der Waals surface area contributed by atoms with Crippen LogP contribution in [-0.2, 0) is 0 Å². The Labute approximate surface area is 90.9 Å². The molecule has 0 radical (unpaired) electrons. The van der Waals surface area contributed by atoms with Gasteiger partial charge in [-0.15, -0.1) is 12.4 Å². The number of carboxylic acid groups (broad SMARTS) is 2. The van der Waals surface area contributed by atoms with Gasteiger partial charge in [0.05, 0.1) is 11.1 Å². The summed E-state index contributed by atoms with van der Waals surface area (Å²) in [6.45, 7) is 0. The molecular weight excluding hydrogens is 224 g/mol. The van der Waals surface area contributed by atoms with E-state index in [0.717, 1.165) is 12.1 Å². The van der Waals surface area contributed by atoms with E-state index in [1.54, 1.807) is 0 Å². The number of anilines is 2. The number of benzene rings is 1. The highest BCUT2D eigenvalue weighted by Crippen LogP contribution is 2.20. The number of rotatable bonds is 2. The molecule has 6 nitrogen and oxygen atoms in total. The number of hydrogen-bond acceptors (Lipinski definition) is 4. The van der Waals surface area contributed by atoms with E-state index in [1.807, 2.05) is 0 Å². The molecule has 7 heteroatoms. The summed E-state index contributed by atoms with van der Waals surface area (Å²) in [7, 11) is 0. The summed E-state index contributed by atoms with van der Waals surface area (Å²) < 4.78 is 0. The first-order chi connectivity index (χ1) is 6.43. The van der Waals surface area contributed by atoms with Crippen molar-refractivity contribution in [3.63, 3.8) is 0 Å². The van der Waals surface area contributed by atoms with Gasteiger partial charge in [-0.2, -0.15) is 0 Å². The minimum atomic E-state index is -1.24. The first-order valence-corrected chi connectivity index (χ1v) is 3.59. The normalized spacial score (nSPS) is 9.07. The van der Waals surface area contributed by atoms with Gasteiger partial charge in [0.25, 0.3) is 0 Å². The van der Waals surface area contributed by atoms with Crippen LogP contribution in [0.4, 0.5) is 11.4 Å². The Bertz CT molecular complexity index is 380.